The smallest absolute Gasteiger partial charge is 0.326 e. The van der Waals surface area contributed by atoms with Gasteiger partial charge in [-0.25, -0.2) is 14.8 Å². The minimum absolute atomic E-state index is 0. The molecule has 2 aromatic heterocycles. The van der Waals surface area contributed by atoms with Crippen molar-refractivity contribution >= 4 is 78.4 Å². The number of nitrogens with one attached hydrogen (secondary N) is 3. The van der Waals surface area contributed by atoms with E-state index in [9.17, 15) is 24.3 Å². The van der Waals surface area contributed by atoms with Gasteiger partial charge in [-0.2, -0.15) is 4.98 Å². The number of ether oxygens (including phenoxy) is 1. The van der Waals surface area contributed by atoms with Gasteiger partial charge in [-0.3, -0.25) is 19.4 Å². The molecule has 2 heterocycles. The third kappa shape index (κ3) is 7.10. The van der Waals surface area contributed by atoms with E-state index in [4.69, 9.17) is 5.73 Å². The fourth-order valence-electron chi connectivity index (χ4n) is 2.85. The number of nitrogen functional groups attached to an aromatic ring is 1. The molecular formula is C20H21CaN7O6. The van der Waals surface area contributed by atoms with Crippen molar-refractivity contribution in [3.63, 3.8) is 0 Å². The van der Waals surface area contributed by atoms with E-state index in [-0.39, 0.29) is 79.8 Å². The number of hydrogen-bond acceptors (Lipinski definition) is 10. The molecule has 0 fully saturated rings. The molecule has 0 aliphatic rings. The standard InChI is InChI=1S/C20H21N7O6.Ca/c1-33-14(28)7-6-13(19(31)32)25-17(29)10-2-4-11(5-3-10)22-8-12-9-23-16-15(24-12)18(30)27-20(21)26-16;/h2-5,9,13,22H,6-8H2,1H3,(H,25,29)(H,31,32)(H3,21,23,26,27,30);/t13-;/m0./s1. The van der Waals surface area contributed by atoms with Crippen LogP contribution in [0.2, 0.25) is 0 Å². The first kappa shape index (κ1) is 27.0. The molecule has 0 aliphatic heterocycles. The summed E-state index contributed by atoms with van der Waals surface area (Å²) in [6.45, 7) is 0.243. The Morgan fingerprint density at radius 3 is 2.56 bits per heavy atom. The van der Waals surface area contributed by atoms with Gasteiger partial charge in [0.05, 0.1) is 25.5 Å². The normalized spacial score (nSPS) is 11.2. The van der Waals surface area contributed by atoms with E-state index in [2.05, 4.69) is 35.3 Å². The van der Waals surface area contributed by atoms with Gasteiger partial charge in [0, 0.05) is 55.4 Å². The number of methoxy groups -OCH3 is 1. The molecular weight excluding hydrogens is 474 g/mol. The van der Waals surface area contributed by atoms with Crippen molar-refractivity contribution in [2.24, 2.45) is 0 Å². The van der Waals surface area contributed by atoms with E-state index in [0.29, 0.717) is 11.4 Å². The maximum atomic E-state index is 12.4. The molecule has 1 amide bonds. The predicted octanol–water partition coefficient (Wildman–Crippen LogP) is -0.337. The van der Waals surface area contributed by atoms with Crippen LogP contribution in [0.1, 0.15) is 28.9 Å². The fourth-order valence-corrected chi connectivity index (χ4v) is 2.85. The summed E-state index contributed by atoms with van der Waals surface area (Å²) in [7, 11) is 1.20. The topological polar surface area (TPSA) is 202 Å². The van der Waals surface area contributed by atoms with Gasteiger partial charge >= 0.3 is 11.9 Å². The third-order valence-corrected chi connectivity index (χ3v) is 4.58. The average molecular weight is 496 g/mol. The van der Waals surface area contributed by atoms with Gasteiger partial charge in [-0.15, -0.1) is 0 Å². The molecule has 3 rings (SSSR count). The summed E-state index contributed by atoms with van der Waals surface area (Å²) >= 11 is 0. The number of esters is 1. The summed E-state index contributed by atoms with van der Waals surface area (Å²) < 4.78 is 4.48. The van der Waals surface area contributed by atoms with E-state index in [1.54, 1.807) is 12.1 Å². The molecule has 0 bridgehead atoms. The van der Waals surface area contributed by atoms with Gasteiger partial charge in [-0.1, -0.05) is 0 Å². The van der Waals surface area contributed by atoms with Crippen LogP contribution >= 0.6 is 0 Å². The summed E-state index contributed by atoms with van der Waals surface area (Å²) in [4.78, 5) is 61.4. The van der Waals surface area contributed by atoms with E-state index in [1.807, 2.05) is 0 Å². The molecule has 1 aromatic carbocycles. The van der Waals surface area contributed by atoms with Crippen LogP contribution in [-0.2, 0) is 20.9 Å². The predicted molar refractivity (Wildman–Crippen MR) is 122 cm³/mol. The molecule has 2 radical (unpaired) electrons. The Labute approximate surface area is 222 Å². The molecule has 3 aromatic rings. The fraction of sp³-hybridized carbons (Fsp3) is 0.250. The summed E-state index contributed by atoms with van der Waals surface area (Å²) in [5.74, 6) is -2.45. The molecule has 0 unspecified atom stereocenters. The first-order valence-corrected chi connectivity index (χ1v) is 9.72. The summed E-state index contributed by atoms with van der Waals surface area (Å²) in [5, 5.41) is 14.7. The molecule has 0 saturated carbocycles. The van der Waals surface area contributed by atoms with Gasteiger partial charge in [0.25, 0.3) is 11.5 Å². The van der Waals surface area contributed by atoms with Crippen molar-refractivity contribution in [1.82, 2.24) is 25.3 Å². The maximum absolute atomic E-state index is 12.4. The van der Waals surface area contributed by atoms with Crippen LogP contribution < -0.4 is 21.9 Å². The molecule has 1 atom stereocenters. The van der Waals surface area contributed by atoms with Crippen molar-refractivity contribution in [1.29, 1.82) is 0 Å². The quantitative estimate of drug-likeness (QED) is 0.192. The van der Waals surface area contributed by atoms with Gasteiger partial charge in [0.2, 0.25) is 5.95 Å². The van der Waals surface area contributed by atoms with Crippen LogP contribution in [0.25, 0.3) is 11.2 Å². The van der Waals surface area contributed by atoms with Crippen molar-refractivity contribution in [2.75, 3.05) is 18.2 Å². The van der Waals surface area contributed by atoms with Crippen LogP contribution in [0.15, 0.2) is 35.3 Å². The minimum Gasteiger partial charge on any atom is -0.480 e. The molecule has 0 aliphatic carbocycles. The number of anilines is 2. The van der Waals surface area contributed by atoms with Crippen LogP contribution in [0.5, 0.6) is 0 Å². The largest absolute Gasteiger partial charge is 0.480 e. The number of nitrogens with zero attached hydrogens (tertiary/aromatic N) is 3. The molecule has 14 heteroatoms. The second kappa shape index (κ2) is 12.3. The number of hydrogen-bond donors (Lipinski definition) is 5. The second-order valence-corrected chi connectivity index (χ2v) is 6.89. The minimum atomic E-state index is -1.25. The van der Waals surface area contributed by atoms with Gasteiger partial charge in [0.1, 0.15) is 6.04 Å². The average Bonchev–Trinajstić information content (AvgIpc) is 2.80. The Morgan fingerprint density at radius 2 is 1.91 bits per heavy atom. The number of carboxylic acid groups (broad SMARTS) is 1. The zero-order valence-electron chi connectivity index (χ0n) is 18.2. The summed E-state index contributed by atoms with van der Waals surface area (Å²) in [6, 6.07) is 5.06. The Morgan fingerprint density at radius 1 is 1.21 bits per heavy atom. The zero-order valence-corrected chi connectivity index (χ0v) is 20.4. The molecule has 34 heavy (non-hydrogen) atoms. The Bertz CT molecular complexity index is 1250. The molecule has 0 spiro atoms. The van der Waals surface area contributed by atoms with Crippen molar-refractivity contribution in [3.05, 3.63) is 52.1 Å². The number of carboxylic acids is 1. The van der Waals surface area contributed by atoms with E-state index < -0.39 is 29.4 Å². The van der Waals surface area contributed by atoms with Crippen LogP contribution in [0, 0.1) is 0 Å². The van der Waals surface area contributed by atoms with Gasteiger partial charge in [-0.05, 0) is 30.7 Å². The van der Waals surface area contributed by atoms with Gasteiger partial charge < -0.3 is 26.2 Å². The molecule has 174 valence electrons. The Kier molecular flexibility index (Phi) is 9.71. The van der Waals surface area contributed by atoms with Gasteiger partial charge in [0.15, 0.2) is 11.2 Å². The van der Waals surface area contributed by atoms with Crippen molar-refractivity contribution < 1.29 is 24.2 Å². The van der Waals surface area contributed by atoms with Crippen LogP contribution in [0.3, 0.4) is 0 Å². The number of carbonyl (C=O) groups is 3. The summed E-state index contributed by atoms with van der Waals surface area (Å²) in [6.07, 6.45) is 1.23. The number of rotatable bonds is 9. The molecule has 0 saturated heterocycles. The number of aromatic amines is 1. The van der Waals surface area contributed by atoms with Crippen LogP contribution in [0.4, 0.5) is 11.6 Å². The molecule has 6 N–H and O–H groups in total. The molecule has 13 nitrogen and oxygen atoms in total. The number of nitrogens with two attached hydrogens (primary N) is 1. The maximum Gasteiger partial charge on any atom is 0.326 e. The van der Waals surface area contributed by atoms with Crippen LogP contribution in [-0.4, -0.2) is 93.8 Å². The number of H-pyrrole nitrogens is 1. The SMILES string of the molecule is COC(=O)CC[C@H](NC(=O)c1ccc(NCc2cnc3nc(N)[nH]c(=O)c3n2)cc1)C(=O)O.[Ca]. The second-order valence-electron chi connectivity index (χ2n) is 6.89. The number of carbonyl (C=O) groups excluding carboxylic acids is 2. The number of amides is 1. The zero-order chi connectivity index (χ0) is 24.0. The monoisotopic (exact) mass is 495 g/mol. The first-order chi connectivity index (χ1) is 15.8. The van der Waals surface area contributed by atoms with E-state index >= 15 is 0 Å². The van der Waals surface area contributed by atoms with Crippen molar-refractivity contribution in [2.45, 2.75) is 25.4 Å². The number of benzene rings is 1. The number of aliphatic carboxylic acids is 1. The van der Waals surface area contributed by atoms with Crippen molar-refractivity contribution in [3.8, 4) is 0 Å². The van der Waals surface area contributed by atoms with E-state index in [0.717, 1.165) is 0 Å². The number of aromatic nitrogens is 4. The van der Waals surface area contributed by atoms with E-state index in [1.165, 1.54) is 25.4 Å². The number of fused-ring (bicyclic) bond motifs is 1. The Hall–Kier alpha value is -3.29. The third-order valence-electron chi connectivity index (χ3n) is 4.58. The first-order valence-electron chi connectivity index (χ1n) is 9.72. The Balaban J connectivity index is 0.00000408. The summed E-state index contributed by atoms with van der Waals surface area (Å²) in [5.41, 5.74) is 6.57.